The molecule has 0 fully saturated rings. The minimum atomic E-state index is 1.17. The molecule has 0 bridgehead atoms. The summed E-state index contributed by atoms with van der Waals surface area (Å²) in [5.41, 5.74) is 13.4. The predicted octanol–water partition coefficient (Wildman–Crippen LogP) is 18.6. The Bertz CT molecular complexity index is 4020. The first-order valence-electron chi connectivity index (χ1n) is 21.7. The van der Waals surface area contributed by atoms with Gasteiger partial charge in [0.25, 0.3) is 0 Å². The summed E-state index contributed by atoms with van der Waals surface area (Å²) in [6, 6.07) is 79.3. The van der Waals surface area contributed by atoms with Gasteiger partial charge in [0.05, 0.1) is 16.7 Å². The van der Waals surface area contributed by atoms with Gasteiger partial charge in [-0.2, -0.15) is 0 Å². The molecule has 0 aliphatic heterocycles. The van der Waals surface area contributed by atoms with Crippen LogP contribution in [-0.2, 0) is 0 Å². The molecule has 4 heterocycles. The molecule has 0 saturated heterocycles. The van der Waals surface area contributed by atoms with Crippen LogP contribution in [0.5, 0.6) is 0 Å². The standard InChI is InChI=1S/C60H35NS3/c1-5-15-51(42(10-1)36-20-22-37(23-21-36)43-14-9-19-59-60(43)46-13-4-8-18-56(46)64-59)61-52-28-24-38(40-26-30-57-49(34-40)44-11-2-6-16-54(44)62-57)32-47(52)48-33-39(25-29-53(48)61)41-27-31-58-50(35-41)45-12-3-7-17-55(45)63-58/h1-35H. The van der Waals surface area contributed by atoms with E-state index in [1.54, 1.807) is 0 Å². The third-order valence-corrected chi connectivity index (χ3v) is 16.7. The molecule has 0 radical (unpaired) electrons. The second-order valence-electron chi connectivity index (χ2n) is 16.8. The van der Waals surface area contributed by atoms with Gasteiger partial charge in [-0.05, 0) is 118 Å². The monoisotopic (exact) mass is 865 g/mol. The van der Waals surface area contributed by atoms with E-state index in [0.29, 0.717) is 0 Å². The van der Waals surface area contributed by atoms with Crippen LogP contribution in [-0.4, -0.2) is 4.57 Å². The van der Waals surface area contributed by atoms with Gasteiger partial charge in [-0.15, -0.1) is 34.0 Å². The highest BCUT2D eigenvalue weighted by Crippen LogP contribution is 2.44. The van der Waals surface area contributed by atoms with Crippen LogP contribution in [0.4, 0.5) is 0 Å². The van der Waals surface area contributed by atoms with Crippen LogP contribution in [0.1, 0.15) is 0 Å². The summed E-state index contributed by atoms with van der Waals surface area (Å²) in [5.74, 6) is 0. The molecule has 4 heteroatoms. The van der Waals surface area contributed by atoms with Crippen LogP contribution in [0.3, 0.4) is 0 Å². The van der Waals surface area contributed by atoms with Gasteiger partial charge in [-0.3, -0.25) is 0 Å². The van der Waals surface area contributed by atoms with Crippen LogP contribution < -0.4 is 0 Å². The van der Waals surface area contributed by atoms with Crippen LogP contribution in [0.2, 0.25) is 0 Å². The number of benzene rings is 10. The zero-order valence-electron chi connectivity index (χ0n) is 34.4. The first-order chi connectivity index (χ1) is 31.7. The van der Waals surface area contributed by atoms with Crippen molar-refractivity contribution in [2.24, 2.45) is 0 Å². The first-order valence-corrected chi connectivity index (χ1v) is 24.2. The highest BCUT2D eigenvalue weighted by Gasteiger charge is 2.19. The molecule has 64 heavy (non-hydrogen) atoms. The molecule has 0 unspecified atom stereocenters. The van der Waals surface area contributed by atoms with Crippen LogP contribution >= 0.6 is 34.0 Å². The maximum Gasteiger partial charge on any atom is 0.0541 e. The number of hydrogen-bond acceptors (Lipinski definition) is 3. The summed E-state index contributed by atoms with van der Waals surface area (Å²) in [6.45, 7) is 0. The topological polar surface area (TPSA) is 4.93 Å². The lowest BCUT2D eigenvalue weighted by molar-refractivity contribution is 1.18. The lowest BCUT2D eigenvalue weighted by atomic mass is 9.96. The van der Waals surface area contributed by atoms with E-state index in [4.69, 9.17) is 0 Å². The largest absolute Gasteiger partial charge is 0.309 e. The molecular formula is C60H35NS3. The summed E-state index contributed by atoms with van der Waals surface area (Å²) in [5, 5.41) is 10.4. The molecule has 0 saturated carbocycles. The van der Waals surface area contributed by atoms with Crippen LogP contribution in [0, 0.1) is 0 Å². The Morgan fingerprint density at radius 3 is 1.23 bits per heavy atom. The Morgan fingerprint density at radius 1 is 0.250 bits per heavy atom. The maximum absolute atomic E-state index is 2.49. The molecule has 0 aliphatic carbocycles. The zero-order chi connectivity index (χ0) is 41.9. The molecule has 0 aliphatic rings. The van der Waals surface area contributed by atoms with E-state index in [1.165, 1.54) is 133 Å². The van der Waals surface area contributed by atoms with Crippen molar-refractivity contribution in [3.05, 3.63) is 212 Å². The molecule has 0 atom stereocenters. The second-order valence-corrected chi connectivity index (χ2v) is 20.0. The summed E-state index contributed by atoms with van der Waals surface area (Å²) < 4.78 is 10.5. The average molecular weight is 866 g/mol. The molecular weight excluding hydrogens is 831 g/mol. The van der Waals surface area contributed by atoms with E-state index >= 15 is 0 Å². The third kappa shape index (κ3) is 5.53. The molecule has 0 N–H and O–H groups in total. The highest BCUT2D eigenvalue weighted by atomic mass is 32.1. The second kappa shape index (κ2) is 14.1. The highest BCUT2D eigenvalue weighted by molar-refractivity contribution is 7.26. The van der Waals surface area contributed by atoms with Gasteiger partial charge in [0.15, 0.2) is 0 Å². The average Bonchev–Trinajstić information content (AvgIpc) is 4.12. The molecule has 4 aromatic heterocycles. The van der Waals surface area contributed by atoms with Crippen molar-refractivity contribution in [2.45, 2.75) is 0 Å². The van der Waals surface area contributed by atoms with E-state index < -0.39 is 0 Å². The van der Waals surface area contributed by atoms with Crippen molar-refractivity contribution < 1.29 is 0 Å². The molecule has 1 nitrogen and oxygen atoms in total. The van der Waals surface area contributed by atoms with E-state index in [0.717, 1.165) is 0 Å². The van der Waals surface area contributed by atoms with Gasteiger partial charge >= 0.3 is 0 Å². The third-order valence-electron chi connectivity index (χ3n) is 13.2. The number of hydrogen-bond donors (Lipinski definition) is 0. The summed E-state index contributed by atoms with van der Waals surface area (Å²) in [7, 11) is 0. The van der Waals surface area contributed by atoms with Gasteiger partial charge in [0, 0.05) is 76.9 Å². The van der Waals surface area contributed by atoms with Crippen LogP contribution in [0.15, 0.2) is 212 Å². The van der Waals surface area contributed by atoms with E-state index in [9.17, 15) is 0 Å². The van der Waals surface area contributed by atoms with E-state index in [2.05, 4.69) is 217 Å². The molecule has 298 valence electrons. The Balaban J connectivity index is 0.947. The van der Waals surface area contributed by atoms with Crippen molar-refractivity contribution in [1.82, 2.24) is 4.57 Å². The molecule has 14 rings (SSSR count). The van der Waals surface area contributed by atoms with Gasteiger partial charge in [0.1, 0.15) is 0 Å². The van der Waals surface area contributed by atoms with E-state index in [-0.39, 0.29) is 0 Å². The number of para-hydroxylation sites is 1. The minimum Gasteiger partial charge on any atom is -0.309 e. The summed E-state index contributed by atoms with van der Waals surface area (Å²) in [4.78, 5) is 0. The first kappa shape index (κ1) is 36.2. The molecule has 14 aromatic rings. The fraction of sp³-hybridized carbons (Fsp3) is 0. The lowest BCUT2D eigenvalue weighted by Crippen LogP contribution is -1.97. The number of aromatic nitrogens is 1. The predicted molar refractivity (Wildman–Crippen MR) is 281 cm³/mol. The van der Waals surface area contributed by atoms with Crippen molar-refractivity contribution in [1.29, 1.82) is 0 Å². The number of fused-ring (bicyclic) bond motifs is 12. The van der Waals surface area contributed by atoms with Crippen LogP contribution in [0.25, 0.3) is 133 Å². The summed E-state index contributed by atoms with van der Waals surface area (Å²) >= 11 is 5.61. The fourth-order valence-electron chi connectivity index (χ4n) is 10.2. The van der Waals surface area contributed by atoms with Gasteiger partial charge in [-0.25, -0.2) is 0 Å². The Morgan fingerprint density at radius 2 is 0.641 bits per heavy atom. The fourth-order valence-corrected chi connectivity index (χ4v) is 13.5. The Labute approximate surface area is 381 Å². The Kier molecular flexibility index (Phi) is 7.96. The van der Waals surface area contributed by atoms with Crippen molar-refractivity contribution in [3.63, 3.8) is 0 Å². The minimum absolute atomic E-state index is 1.17. The van der Waals surface area contributed by atoms with E-state index in [1.807, 2.05) is 34.0 Å². The van der Waals surface area contributed by atoms with Crippen molar-refractivity contribution in [2.75, 3.05) is 0 Å². The molecule has 0 spiro atoms. The number of thiophene rings is 3. The SMILES string of the molecule is c1ccc(-n2c3ccc(-c4ccc5sc6ccccc6c5c4)cc3c3cc(-c4ccc5sc6ccccc6c5c4)ccc32)c(-c2ccc(-c3cccc4sc5ccccc5c34)cc2)c1. The molecule has 0 amide bonds. The van der Waals surface area contributed by atoms with Gasteiger partial charge in [0.2, 0.25) is 0 Å². The normalized spacial score (nSPS) is 12.1. The zero-order valence-corrected chi connectivity index (χ0v) is 36.8. The Hall–Kier alpha value is -7.34. The quantitative estimate of drug-likeness (QED) is 0.162. The number of rotatable bonds is 5. The molecule has 10 aromatic carbocycles. The summed E-state index contributed by atoms with van der Waals surface area (Å²) in [6.07, 6.45) is 0. The smallest absolute Gasteiger partial charge is 0.0541 e. The van der Waals surface area contributed by atoms with Crippen molar-refractivity contribution >= 4 is 116 Å². The van der Waals surface area contributed by atoms with Gasteiger partial charge < -0.3 is 4.57 Å². The maximum atomic E-state index is 2.49. The van der Waals surface area contributed by atoms with Crippen molar-refractivity contribution in [3.8, 4) is 50.2 Å². The number of nitrogens with zero attached hydrogens (tertiary/aromatic N) is 1. The lowest BCUT2D eigenvalue weighted by Gasteiger charge is -2.15. The van der Waals surface area contributed by atoms with Gasteiger partial charge in [-0.1, -0.05) is 133 Å².